The monoisotopic (exact) mass is 1090 g/mol. The van der Waals surface area contributed by atoms with Gasteiger partial charge in [0.1, 0.15) is 56.4 Å². The number of nitrogens with one attached hydrogen (secondary N) is 1. The summed E-state index contributed by atoms with van der Waals surface area (Å²) in [5, 5.41) is 2.54. The average Bonchev–Trinajstić information content (AvgIpc) is 3.25. The molecule has 0 radical (unpaired) electrons. The van der Waals surface area contributed by atoms with Crippen molar-refractivity contribution in [3.05, 3.63) is 0 Å². The maximum atomic E-state index is 15.0. The van der Waals surface area contributed by atoms with Crippen molar-refractivity contribution < 1.29 is 129 Å². The highest BCUT2D eigenvalue weighted by Crippen LogP contribution is 2.45. The summed E-state index contributed by atoms with van der Waals surface area (Å²) in [7, 11) is -1.76. The molecule has 4 heterocycles. The van der Waals surface area contributed by atoms with Crippen LogP contribution in [0.1, 0.15) is 75.7 Å². The number of esters is 10. The Labute approximate surface area is 432 Å². The molecular weight excluding hydrogens is 1030 g/mol. The predicted molar refractivity (Wildman–Crippen MR) is 244 cm³/mol. The number of hydrogen-bond donors (Lipinski definition) is 1. The SMILES string of the molecule is CC(=O)NC1C([C@H](OC(C)=O)[C@@H](COC(C)=O)OC(C)=O)O[C@@]2(C[C@@H]1OC(C)=O)OC1C(OC2=O)[C@H](O[C@@H]2C(COC(C)=O)O[C@@H](OCC[Si](C)(C)C)C(OC(C)=O)C2OC(C)=O)OC(COC(C)=O)[C@@H]1OC(C)=O. The van der Waals surface area contributed by atoms with Crippen LogP contribution in [0.3, 0.4) is 0 Å². The average molecular weight is 1090 g/mol. The normalized spacial score (nSPS) is 31.1. The molecule has 4 aliphatic heterocycles. The van der Waals surface area contributed by atoms with Gasteiger partial charge >= 0.3 is 59.7 Å². The molecule has 4 fully saturated rings. The highest BCUT2D eigenvalue weighted by atomic mass is 28.3. The molecule has 0 saturated carbocycles. The molecule has 1 spiro atoms. The van der Waals surface area contributed by atoms with Crippen LogP contribution in [0, 0.1) is 0 Å². The zero-order valence-corrected chi connectivity index (χ0v) is 44.9. The lowest BCUT2D eigenvalue weighted by molar-refractivity contribution is -0.408. The van der Waals surface area contributed by atoms with Gasteiger partial charge in [-0.25, -0.2) is 4.79 Å². The Hall–Kier alpha value is -5.85. The summed E-state index contributed by atoms with van der Waals surface area (Å²) in [6, 6.07) is -0.999. The molecule has 4 aliphatic rings. The third kappa shape index (κ3) is 17.9. The number of carbonyl (C=O) groups excluding carboxylic acids is 11. The molecule has 0 aromatic carbocycles. The van der Waals surface area contributed by atoms with Gasteiger partial charge in [-0.05, 0) is 6.04 Å². The van der Waals surface area contributed by atoms with E-state index in [-0.39, 0.29) is 6.61 Å². The van der Waals surface area contributed by atoms with Gasteiger partial charge in [0.25, 0.3) is 5.79 Å². The minimum Gasteiger partial charge on any atom is -0.463 e. The van der Waals surface area contributed by atoms with Gasteiger partial charge in [-0.1, -0.05) is 19.6 Å². The molecule has 16 atom stereocenters. The molecular formula is C46H67NO27Si. The van der Waals surface area contributed by atoms with Gasteiger partial charge < -0.3 is 81.1 Å². The third-order valence-electron chi connectivity index (χ3n) is 11.3. The van der Waals surface area contributed by atoms with E-state index in [4.69, 9.17) is 75.8 Å². The Morgan fingerprint density at radius 2 is 1.12 bits per heavy atom. The summed E-state index contributed by atoms with van der Waals surface area (Å²) in [6.45, 7) is 14.4. The molecule has 28 nitrogen and oxygen atoms in total. The molecule has 0 aromatic rings. The van der Waals surface area contributed by atoms with Crippen molar-refractivity contribution in [3.8, 4) is 0 Å². The van der Waals surface area contributed by atoms with Crippen molar-refractivity contribution in [2.24, 2.45) is 0 Å². The van der Waals surface area contributed by atoms with Crippen LogP contribution in [-0.2, 0) is 129 Å². The summed E-state index contributed by atoms with van der Waals surface area (Å²) >= 11 is 0. The van der Waals surface area contributed by atoms with Crippen molar-refractivity contribution in [2.75, 3.05) is 26.4 Å². The third-order valence-corrected chi connectivity index (χ3v) is 13.0. The first kappa shape index (κ1) is 61.7. The summed E-state index contributed by atoms with van der Waals surface area (Å²) < 4.78 is 94.0. The van der Waals surface area contributed by atoms with Crippen LogP contribution < -0.4 is 5.32 Å². The quantitative estimate of drug-likeness (QED) is 0.0880. The van der Waals surface area contributed by atoms with Crippen LogP contribution in [0.5, 0.6) is 0 Å². The van der Waals surface area contributed by atoms with Gasteiger partial charge in [-0.15, -0.1) is 0 Å². The van der Waals surface area contributed by atoms with Crippen LogP contribution in [0.2, 0.25) is 25.7 Å². The second-order valence-corrected chi connectivity index (χ2v) is 24.7. The van der Waals surface area contributed by atoms with E-state index in [1.54, 1.807) is 0 Å². The number of fused-ring (bicyclic) bond motifs is 1. The minimum atomic E-state index is -2.86. The maximum Gasteiger partial charge on any atom is 0.367 e. The predicted octanol–water partition coefficient (Wildman–Crippen LogP) is -0.244. The lowest BCUT2D eigenvalue weighted by Crippen LogP contribution is -2.75. The van der Waals surface area contributed by atoms with Crippen molar-refractivity contribution >= 4 is 73.7 Å². The van der Waals surface area contributed by atoms with Gasteiger partial charge in [-0.3, -0.25) is 47.9 Å². The minimum absolute atomic E-state index is 0.0850. The van der Waals surface area contributed by atoms with Gasteiger partial charge in [0, 0.05) is 83.9 Å². The van der Waals surface area contributed by atoms with Crippen LogP contribution in [0.15, 0.2) is 0 Å². The van der Waals surface area contributed by atoms with Gasteiger partial charge in [0.05, 0.1) is 12.5 Å². The fourth-order valence-electron chi connectivity index (χ4n) is 8.50. The molecule has 0 aromatic heterocycles. The maximum absolute atomic E-state index is 15.0. The Balaban J connectivity index is 1.96. The summed E-state index contributed by atoms with van der Waals surface area (Å²) in [5.74, 6) is -13.5. The zero-order chi connectivity index (χ0) is 56.3. The number of carbonyl (C=O) groups is 11. The Morgan fingerprint density at radius 3 is 1.63 bits per heavy atom. The van der Waals surface area contributed by atoms with E-state index in [0.29, 0.717) is 6.04 Å². The Bertz CT molecular complexity index is 2130. The van der Waals surface area contributed by atoms with E-state index < -0.39 is 198 Å². The molecule has 422 valence electrons. The molecule has 4 saturated heterocycles. The van der Waals surface area contributed by atoms with Crippen molar-refractivity contribution in [3.63, 3.8) is 0 Å². The first-order valence-electron chi connectivity index (χ1n) is 23.7. The summed E-state index contributed by atoms with van der Waals surface area (Å²) in [5.41, 5.74) is 0. The second-order valence-electron chi connectivity index (χ2n) is 19.1. The van der Waals surface area contributed by atoms with E-state index in [2.05, 4.69) is 25.0 Å². The van der Waals surface area contributed by atoms with Crippen LogP contribution in [0.4, 0.5) is 0 Å². The molecule has 4 rings (SSSR count). The highest BCUT2D eigenvalue weighted by molar-refractivity contribution is 6.76. The van der Waals surface area contributed by atoms with Gasteiger partial charge in [-0.2, -0.15) is 0 Å². The van der Waals surface area contributed by atoms with Crippen molar-refractivity contribution in [1.29, 1.82) is 0 Å². The smallest absolute Gasteiger partial charge is 0.367 e. The molecule has 1 amide bonds. The standard InChI is InChI=1S/C46H67NO27Si/c1-20(48)47-34-30(63-24(5)52)16-46(73-38(34)35(65-26(7)54)31(64-25(6)53)17-60-21(2)49)45(58)72-42-40(74-46)37(66-27(8)55)33(19-62-23(4)51)70-44(42)71-36-32(18-61-22(3)50)69-43(59-14-15-75(11,12)13)41(68-29(10)57)39(36)67-28(9)56/h30-44H,14-19H2,1-13H3,(H,47,48)/t30-,31+,32?,33?,34?,35+,36+,37-,38?,39?,40?,41?,42?,43+,44-,46-/m0/s1. The van der Waals surface area contributed by atoms with Crippen LogP contribution in [0.25, 0.3) is 0 Å². The number of ether oxygens (including phenoxy) is 16. The molecule has 29 heteroatoms. The zero-order valence-electron chi connectivity index (χ0n) is 43.9. The van der Waals surface area contributed by atoms with Crippen LogP contribution >= 0.6 is 0 Å². The molecule has 0 aliphatic carbocycles. The highest BCUT2D eigenvalue weighted by Gasteiger charge is 2.67. The van der Waals surface area contributed by atoms with Crippen molar-refractivity contribution in [2.45, 2.75) is 199 Å². The second kappa shape index (κ2) is 26.8. The summed E-state index contributed by atoms with van der Waals surface area (Å²) in [6.07, 6.45) is -25.2. The van der Waals surface area contributed by atoms with E-state index in [1.807, 2.05) is 0 Å². The van der Waals surface area contributed by atoms with Crippen LogP contribution in [-0.4, -0.2) is 198 Å². The molecule has 1 N–H and O–H groups in total. The molecule has 8 unspecified atom stereocenters. The largest absolute Gasteiger partial charge is 0.463 e. The number of amides is 1. The lowest BCUT2D eigenvalue weighted by Gasteiger charge is -2.55. The van der Waals surface area contributed by atoms with E-state index in [1.165, 1.54) is 0 Å². The van der Waals surface area contributed by atoms with Crippen molar-refractivity contribution in [1.82, 2.24) is 5.32 Å². The Kier molecular flexibility index (Phi) is 22.0. The first-order valence-corrected chi connectivity index (χ1v) is 27.5. The number of hydrogen-bond acceptors (Lipinski definition) is 27. The lowest BCUT2D eigenvalue weighted by atomic mass is 9.86. The summed E-state index contributed by atoms with van der Waals surface area (Å²) in [4.78, 5) is 141. The Morgan fingerprint density at radius 1 is 0.600 bits per heavy atom. The number of rotatable bonds is 21. The van der Waals surface area contributed by atoms with Gasteiger partial charge in [0.15, 0.2) is 49.2 Å². The molecule has 75 heavy (non-hydrogen) atoms. The van der Waals surface area contributed by atoms with Gasteiger partial charge in [0.2, 0.25) is 5.91 Å². The van der Waals surface area contributed by atoms with E-state index in [9.17, 15) is 52.7 Å². The molecule has 0 bridgehead atoms. The topological polar surface area (TPSA) is 347 Å². The fraction of sp³-hybridized carbons (Fsp3) is 0.761. The first-order chi connectivity index (χ1) is 34.9. The van der Waals surface area contributed by atoms with E-state index in [0.717, 1.165) is 69.2 Å². The van der Waals surface area contributed by atoms with E-state index >= 15 is 0 Å². The fourth-order valence-corrected chi connectivity index (χ4v) is 9.23.